The fraction of sp³-hybridized carbons (Fsp3) is 0.136. The molecule has 0 aliphatic heterocycles. The van der Waals surface area contributed by atoms with E-state index in [-0.39, 0.29) is 11.8 Å². The van der Waals surface area contributed by atoms with Gasteiger partial charge in [0.25, 0.3) is 11.8 Å². The molecule has 2 N–H and O–H groups in total. The molecular formula is C22H21N3O3. The Morgan fingerprint density at radius 3 is 2.46 bits per heavy atom. The maximum absolute atomic E-state index is 12.4. The molecular weight excluding hydrogens is 354 g/mol. The van der Waals surface area contributed by atoms with Crippen LogP contribution in [0.15, 0.2) is 72.9 Å². The third kappa shape index (κ3) is 4.94. The van der Waals surface area contributed by atoms with Gasteiger partial charge in [0, 0.05) is 23.9 Å². The Labute approximate surface area is 163 Å². The van der Waals surface area contributed by atoms with Gasteiger partial charge in [0.15, 0.2) is 0 Å². The predicted molar refractivity (Wildman–Crippen MR) is 108 cm³/mol. The fourth-order valence-corrected chi connectivity index (χ4v) is 2.74. The van der Waals surface area contributed by atoms with Crippen molar-refractivity contribution in [2.75, 3.05) is 19.0 Å². The molecule has 0 unspecified atom stereocenters. The van der Waals surface area contributed by atoms with Gasteiger partial charge in [-0.3, -0.25) is 9.59 Å². The lowest BCUT2D eigenvalue weighted by Crippen LogP contribution is -2.26. The molecule has 2 amide bonds. The Kier molecular flexibility index (Phi) is 6.36. The van der Waals surface area contributed by atoms with E-state index in [4.69, 9.17) is 4.74 Å². The molecule has 0 atom stereocenters. The Hall–Kier alpha value is -3.67. The molecule has 1 aromatic heterocycles. The average molecular weight is 375 g/mol. The number of pyridine rings is 1. The van der Waals surface area contributed by atoms with E-state index in [2.05, 4.69) is 15.6 Å². The number of carbonyl (C=O) groups is 2. The Bertz CT molecular complexity index is 958. The minimum Gasteiger partial charge on any atom is -0.496 e. The SMILES string of the molecule is COc1ccccc1CCNC(=O)c1ccnc(NC(=O)c2ccccc2)c1. The molecule has 28 heavy (non-hydrogen) atoms. The van der Waals surface area contributed by atoms with E-state index in [1.165, 1.54) is 6.20 Å². The number of ether oxygens (including phenoxy) is 1. The van der Waals surface area contributed by atoms with Crippen molar-refractivity contribution >= 4 is 17.6 Å². The normalized spacial score (nSPS) is 10.2. The van der Waals surface area contributed by atoms with Gasteiger partial charge in [-0.05, 0) is 42.3 Å². The number of nitrogens with one attached hydrogen (secondary N) is 2. The van der Waals surface area contributed by atoms with E-state index < -0.39 is 0 Å². The number of methoxy groups -OCH3 is 1. The summed E-state index contributed by atoms with van der Waals surface area (Å²) in [4.78, 5) is 28.7. The summed E-state index contributed by atoms with van der Waals surface area (Å²) in [5.41, 5.74) is 1.98. The van der Waals surface area contributed by atoms with E-state index in [1.807, 2.05) is 30.3 Å². The van der Waals surface area contributed by atoms with Gasteiger partial charge in [-0.25, -0.2) is 4.98 Å². The number of para-hydroxylation sites is 1. The van der Waals surface area contributed by atoms with Crippen LogP contribution in [0, 0.1) is 0 Å². The van der Waals surface area contributed by atoms with E-state index in [0.29, 0.717) is 29.9 Å². The van der Waals surface area contributed by atoms with Crippen LogP contribution >= 0.6 is 0 Å². The zero-order chi connectivity index (χ0) is 19.8. The number of benzene rings is 2. The van der Waals surface area contributed by atoms with Gasteiger partial charge in [-0.2, -0.15) is 0 Å². The summed E-state index contributed by atoms with van der Waals surface area (Å²) in [6.07, 6.45) is 2.15. The summed E-state index contributed by atoms with van der Waals surface area (Å²) in [7, 11) is 1.62. The first kappa shape index (κ1) is 19.1. The first-order chi connectivity index (χ1) is 13.7. The largest absolute Gasteiger partial charge is 0.496 e. The van der Waals surface area contributed by atoms with Crippen LogP contribution in [0.5, 0.6) is 5.75 Å². The van der Waals surface area contributed by atoms with Crippen LogP contribution in [0.3, 0.4) is 0 Å². The van der Waals surface area contributed by atoms with E-state index >= 15 is 0 Å². The lowest BCUT2D eigenvalue weighted by Gasteiger charge is -2.10. The molecule has 3 rings (SSSR count). The number of anilines is 1. The number of rotatable bonds is 7. The molecule has 0 radical (unpaired) electrons. The minimum atomic E-state index is -0.276. The number of carbonyl (C=O) groups excluding carboxylic acids is 2. The summed E-state index contributed by atoms with van der Waals surface area (Å²) in [5.74, 6) is 0.618. The zero-order valence-electron chi connectivity index (χ0n) is 15.5. The van der Waals surface area contributed by atoms with Crippen molar-refractivity contribution in [2.45, 2.75) is 6.42 Å². The van der Waals surface area contributed by atoms with E-state index in [9.17, 15) is 9.59 Å². The van der Waals surface area contributed by atoms with Crippen LogP contribution < -0.4 is 15.4 Å². The molecule has 0 spiro atoms. The van der Waals surface area contributed by atoms with Crippen molar-refractivity contribution in [3.63, 3.8) is 0 Å². The van der Waals surface area contributed by atoms with Gasteiger partial charge in [0.2, 0.25) is 0 Å². The van der Waals surface area contributed by atoms with Gasteiger partial charge in [-0.15, -0.1) is 0 Å². The van der Waals surface area contributed by atoms with Crippen molar-refractivity contribution in [3.8, 4) is 5.75 Å². The number of aromatic nitrogens is 1. The molecule has 0 aliphatic rings. The molecule has 0 bridgehead atoms. The average Bonchev–Trinajstić information content (AvgIpc) is 2.74. The highest BCUT2D eigenvalue weighted by molar-refractivity contribution is 6.04. The molecule has 0 saturated heterocycles. The van der Waals surface area contributed by atoms with Crippen LogP contribution in [0.1, 0.15) is 26.3 Å². The van der Waals surface area contributed by atoms with Crippen LogP contribution in [0.2, 0.25) is 0 Å². The number of nitrogens with zero attached hydrogens (tertiary/aromatic N) is 1. The standard InChI is InChI=1S/C22H21N3O3/c1-28-19-10-6-5-7-16(19)11-14-24-21(26)18-12-13-23-20(15-18)25-22(27)17-8-3-2-4-9-17/h2-10,12-13,15H,11,14H2,1H3,(H,24,26)(H,23,25,27). The quantitative estimate of drug-likeness (QED) is 0.664. The summed E-state index contributed by atoms with van der Waals surface area (Å²) in [5, 5.41) is 5.58. The van der Waals surface area contributed by atoms with Gasteiger partial charge >= 0.3 is 0 Å². The minimum absolute atomic E-state index is 0.229. The van der Waals surface area contributed by atoms with E-state index in [0.717, 1.165) is 11.3 Å². The van der Waals surface area contributed by atoms with Gasteiger partial charge in [0.05, 0.1) is 7.11 Å². The highest BCUT2D eigenvalue weighted by Gasteiger charge is 2.10. The molecule has 1 heterocycles. The zero-order valence-corrected chi connectivity index (χ0v) is 15.5. The Balaban J connectivity index is 1.58. The number of hydrogen-bond acceptors (Lipinski definition) is 4. The summed E-state index contributed by atoms with van der Waals surface area (Å²) < 4.78 is 5.32. The monoisotopic (exact) mass is 375 g/mol. The van der Waals surface area contributed by atoms with Gasteiger partial charge < -0.3 is 15.4 Å². The van der Waals surface area contributed by atoms with E-state index in [1.54, 1.807) is 43.5 Å². The molecule has 3 aromatic rings. The second-order valence-corrected chi connectivity index (χ2v) is 6.07. The van der Waals surface area contributed by atoms with Gasteiger partial charge in [-0.1, -0.05) is 36.4 Å². The summed E-state index contributed by atoms with van der Waals surface area (Å²) in [6, 6.07) is 19.7. The maximum Gasteiger partial charge on any atom is 0.256 e. The van der Waals surface area contributed by atoms with Crippen LogP contribution in [-0.4, -0.2) is 30.5 Å². The third-order valence-electron chi connectivity index (χ3n) is 4.17. The molecule has 6 nitrogen and oxygen atoms in total. The molecule has 2 aromatic carbocycles. The smallest absolute Gasteiger partial charge is 0.256 e. The highest BCUT2D eigenvalue weighted by atomic mass is 16.5. The van der Waals surface area contributed by atoms with Crippen LogP contribution in [0.25, 0.3) is 0 Å². The Morgan fingerprint density at radius 2 is 1.68 bits per heavy atom. The molecule has 0 saturated carbocycles. The predicted octanol–water partition coefficient (Wildman–Crippen LogP) is 3.32. The Morgan fingerprint density at radius 1 is 0.929 bits per heavy atom. The van der Waals surface area contributed by atoms with Crippen molar-refractivity contribution in [1.82, 2.24) is 10.3 Å². The second-order valence-electron chi connectivity index (χ2n) is 6.07. The lowest BCUT2D eigenvalue weighted by molar-refractivity contribution is 0.0952. The number of amides is 2. The summed E-state index contributed by atoms with van der Waals surface area (Å²) in [6.45, 7) is 0.466. The first-order valence-corrected chi connectivity index (χ1v) is 8.90. The summed E-state index contributed by atoms with van der Waals surface area (Å²) >= 11 is 0. The van der Waals surface area contributed by atoms with Crippen molar-refractivity contribution < 1.29 is 14.3 Å². The fourth-order valence-electron chi connectivity index (χ4n) is 2.74. The van der Waals surface area contributed by atoms with Crippen molar-refractivity contribution in [1.29, 1.82) is 0 Å². The topological polar surface area (TPSA) is 80.3 Å². The third-order valence-corrected chi connectivity index (χ3v) is 4.17. The van der Waals surface area contributed by atoms with Crippen LogP contribution in [0.4, 0.5) is 5.82 Å². The van der Waals surface area contributed by atoms with Crippen molar-refractivity contribution in [2.24, 2.45) is 0 Å². The van der Waals surface area contributed by atoms with Gasteiger partial charge in [0.1, 0.15) is 11.6 Å². The molecule has 6 heteroatoms. The maximum atomic E-state index is 12.4. The molecule has 0 aliphatic carbocycles. The van der Waals surface area contributed by atoms with Crippen molar-refractivity contribution in [3.05, 3.63) is 89.6 Å². The highest BCUT2D eigenvalue weighted by Crippen LogP contribution is 2.17. The number of hydrogen-bond donors (Lipinski definition) is 2. The van der Waals surface area contributed by atoms with Crippen LogP contribution in [-0.2, 0) is 6.42 Å². The second kappa shape index (κ2) is 9.32. The first-order valence-electron chi connectivity index (χ1n) is 8.90. The molecule has 142 valence electrons. The molecule has 0 fully saturated rings. The lowest BCUT2D eigenvalue weighted by atomic mass is 10.1.